The minimum atomic E-state index is 0.215. The summed E-state index contributed by atoms with van der Waals surface area (Å²) in [6.45, 7) is 3.50. The van der Waals surface area contributed by atoms with Gasteiger partial charge in [-0.05, 0) is 42.6 Å². The van der Waals surface area contributed by atoms with Gasteiger partial charge in [-0.1, -0.05) is 17.7 Å². The number of hydrogen-bond acceptors (Lipinski definition) is 3. The number of halogens is 1. The number of carbonyl (C=O) groups is 1. The molecule has 0 aliphatic rings. The molecule has 1 aromatic carbocycles. The Morgan fingerprint density at radius 2 is 2.05 bits per heavy atom. The summed E-state index contributed by atoms with van der Waals surface area (Å²) in [6, 6.07) is 11.8. The van der Waals surface area contributed by atoms with E-state index in [9.17, 15) is 4.79 Å². The normalized spacial score (nSPS) is 10.6. The fourth-order valence-corrected chi connectivity index (χ4v) is 3.60. The number of rotatable bonds is 7. The number of thioether (sulfide) groups is 1. The highest BCUT2D eigenvalue weighted by atomic mass is 35.5. The van der Waals surface area contributed by atoms with Crippen LogP contribution in [0, 0.1) is 0 Å². The first-order valence-electron chi connectivity index (χ1n) is 6.87. The van der Waals surface area contributed by atoms with Crippen molar-refractivity contribution in [3.8, 4) is 0 Å². The molecule has 2 nitrogen and oxygen atoms in total. The summed E-state index contributed by atoms with van der Waals surface area (Å²) in [6.07, 6.45) is 0.562. The molecular weight excluding hydrogens is 322 g/mol. The van der Waals surface area contributed by atoms with Gasteiger partial charge in [-0.3, -0.25) is 4.79 Å². The van der Waals surface area contributed by atoms with Crippen molar-refractivity contribution in [1.29, 1.82) is 0 Å². The Balaban J connectivity index is 1.78. The first-order chi connectivity index (χ1) is 10.2. The molecular formula is C16H18ClNOS2. The molecule has 0 atom stereocenters. The quantitative estimate of drug-likeness (QED) is 0.666. The van der Waals surface area contributed by atoms with Gasteiger partial charge >= 0.3 is 0 Å². The lowest BCUT2D eigenvalue weighted by Gasteiger charge is -2.20. The van der Waals surface area contributed by atoms with E-state index >= 15 is 0 Å². The van der Waals surface area contributed by atoms with Gasteiger partial charge in [0.2, 0.25) is 5.91 Å². The Hall–Kier alpha value is -0.970. The summed E-state index contributed by atoms with van der Waals surface area (Å²) in [4.78, 5) is 16.5. The zero-order chi connectivity index (χ0) is 15.1. The van der Waals surface area contributed by atoms with E-state index in [1.807, 2.05) is 47.5 Å². The largest absolute Gasteiger partial charge is 0.338 e. The maximum Gasteiger partial charge on any atom is 0.223 e. The van der Waals surface area contributed by atoms with E-state index in [2.05, 4.69) is 6.07 Å². The van der Waals surface area contributed by atoms with Crippen molar-refractivity contribution in [2.75, 3.05) is 12.3 Å². The highest BCUT2D eigenvalue weighted by Crippen LogP contribution is 2.21. The van der Waals surface area contributed by atoms with Gasteiger partial charge < -0.3 is 4.90 Å². The number of benzene rings is 1. The van der Waals surface area contributed by atoms with Crippen LogP contribution >= 0.6 is 34.7 Å². The van der Waals surface area contributed by atoms with Gasteiger partial charge in [0.05, 0.1) is 6.54 Å². The molecule has 1 amide bonds. The molecule has 1 heterocycles. The van der Waals surface area contributed by atoms with Crippen molar-refractivity contribution in [2.45, 2.75) is 24.8 Å². The molecule has 0 radical (unpaired) electrons. The van der Waals surface area contributed by atoms with Gasteiger partial charge in [-0.2, -0.15) is 0 Å². The third-order valence-corrected chi connectivity index (χ3v) is 5.19. The van der Waals surface area contributed by atoms with Crippen LogP contribution in [-0.2, 0) is 11.3 Å². The fraction of sp³-hybridized carbons (Fsp3) is 0.312. The molecule has 0 saturated heterocycles. The topological polar surface area (TPSA) is 20.3 Å². The lowest BCUT2D eigenvalue weighted by atomic mass is 10.3. The van der Waals surface area contributed by atoms with Crippen LogP contribution in [0.25, 0.3) is 0 Å². The summed E-state index contributed by atoms with van der Waals surface area (Å²) in [5, 5.41) is 2.79. The lowest BCUT2D eigenvalue weighted by Crippen LogP contribution is -2.30. The Bertz CT molecular complexity index is 554. The number of amides is 1. The van der Waals surface area contributed by atoms with Crippen LogP contribution in [0.3, 0.4) is 0 Å². The van der Waals surface area contributed by atoms with Crippen molar-refractivity contribution in [3.63, 3.8) is 0 Å². The Morgan fingerprint density at radius 1 is 1.29 bits per heavy atom. The molecule has 0 fully saturated rings. The monoisotopic (exact) mass is 339 g/mol. The van der Waals surface area contributed by atoms with Gasteiger partial charge in [0.1, 0.15) is 0 Å². The second-order valence-electron chi connectivity index (χ2n) is 4.54. The molecule has 0 saturated carbocycles. The van der Waals surface area contributed by atoms with Gasteiger partial charge in [0.25, 0.3) is 0 Å². The van der Waals surface area contributed by atoms with E-state index in [0.717, 1.165) is 28.8 Å². The van der Waals surface area contributed by atoms with Crippen LogP contribution in [0.5, 0.6) is 0 Å². The first kappa shape index (κ1) is 16.4. The third kappa shape index (κ3) is 5.38. The van der Waals surface area contributed by atoms with Crippen molar-refractivity contribution in [1.82, 2.24) is 4.90 Å². The predicted molar refractivity (Wildman–Crippen MR) is 92.2 cm³/mol. The standard InChI is InChI=1S/C16H18ClNOS2/c1-2-18(12-15-4-3-10-20-15)16(19)9-11-21-14-7-5-13(17)6-8-14/h3-8,10H,2,9,11-12H2,1H3. The molecule has 0 unspecified atom stereocenters. The van der Waals surface area contributed by atoms with E-state index in [1.54, 1.807) is 23.1 Å². The van der Waals surface area contributed by atoms with Crippen LogP contribution in [0.2, 0.25) is 5.02 Å². The van der Waals surface area contributed by atoms with Gasteiger partial charge in [-0.25, -0.2) is 0 Å². The highest BCUT2D eigenvalue weighted by molar-refractivity contribution is 7.99. The van der Waals surface area contributed by atoms with Crippen molar-refractivity contribution in [3.05, 3.63) is 51.7 Å². The predicted octanol–water partition coefficient (Wildman–Crippen LogP) is 4.93. The minimum absolute atomic E-state index is 0.215. The van der Waals surface area contributed by atoms with Crippen molar-refractivity contribution < 1.29 is 4.79 Å². The molecule has 2 aromatic rings. The Kier molecular flexibility index (Phi) is 6.61. The summed E-state index contributed by atoms with van der Waals surface area (Å²) >= 11 is 9.24. The average Bonchev–Trinajstić information content (AvgIpc) is 2.99. The minimum Gasteiger partial charge on any atom is -0.338 e. The van der Waals surface area contributed by atoms with Crippen LogP contribution in [-0.4, -0.2) is 23.1 Å². The average molecular weight is 340 g/mol. The summed E-state index contributed by atoms with van der Waals surface area (Å²) in [5.74, 6) is 1.01. The van der Waals surface area contributed by atoms with Crippen LogP contribution < -0.4 is 0 Å². The van der Waals surface area contributed by atoms with Gasteiger partial charge in [-0.15, -0.1) is 23.1 Å². The van der Waals surface area contributed by atoms with Gasteiger partial charge in [0, 0.05) is 33.5 Å². The molecule has 21 heavy (non-hydrogen) atoms. The number of hydrogen-bond donors (Lipinski definition) is 0. The van der Waals surface area contributed by atoms with Crippen LogP contribution in [0.1, 0.15) is 18.2 Å². The Morgan fingerprint density at radius 3 is 2.67 bits per heavy atom. The zero-order valence-electron chi connectivity index (χ0n) is 11.9. The highest BCUT2D eigenvalue weighted by Gasteiger charge is 2.12. The van der Waals surface area contributed by atoms with E-state index in [0.29, 0.717) is 6.42 Å². The molecule has 0 bridgehead atoms. The number of thiophene rings is 1. The van der Waals surface area contributed by atoms with E-state index in [1.165, 1.54) is 4.88 Å². The molecule has 2 rings (SSSR count). The maximum atomic E-state index is 12.2. The SMILES string of the molecule is CCN(Cc1cccs1)C(=O)CCSc1ccc(Cl)cc1. The van der Waals surface area contributed by atoms with Crippen molar-refractivity contribution >= 4 is 40.6 Å². The molecule has 0 spiro atoms. The number of carbonyl (C=O) groups excluding carboxylic acids is 1. The molecule has 0 N–H and O–H groups in total. The van der Waals surface area contributed by atoms with Crippen LogP contribution in [0.4, 0.5) is 0 Å². The van der Waals surface area contributed by atoms with Crippen molar-refractivity contribution in [2.24, 2.45) is 0 Å². The van der Waals surface area contributed by atoms with E-state index in [-0.39, 0.29) is 5.91 Å². The third-order valence-electron chi connectivity index (χ3n) is 3.06. The second-order valence-corrected chi connectivity index (χ2v) is 7.18. The van der Waals surface area contributed by atoms with Gasteiger partial charge in [0.15, 0.2) is 0 Å². The lowest BCUT2D eigenvalue weighted by molar-refractivity contribution is -0.131. The fourth-order valence-electron chi connectivity index (χ4n) is 1.91. The second kappa shape index (κ2) is 8.47. The smallest absolute Gasteiger partial charge is 0.223 e. The molecule has 112 valence electrons. The molecule has 0 aliphatic heterocycles. The Labute approximate surface area is 139 Å². The maximum absolute atomic E-state index is 12.2. The molecule has 1 aromatic heterocycles. The molecule has 0 aliphatic carbocycles. The zero-order valence-corrected chi connectivity index (χ0v) is 14.3. The molecule has 5 heteroatoms. The van der Waals surface area contributed by atoms with E-state index < -0.39 is 0 Å². The summed E-state index contributed by atoms with van der Waals surface area (Å²) in [7, 11) is 0. The summed E-state index contributed by atoms with van der Waals surface area (Å²) in [5.41, 5.74) is 0. The van der Waals surface area contributed by atoms with E-state index in [4.69, 9.17) is 11.6 Å². The first-order valence-corrected chi connectivity index (χ1v) is 9.12. The number of nitrogens with zero attached hydrogens (tertiary/aromatic N) is 1. The summed E-state index contributed by atoms with van der Waals surface area (Å²) < 4.78 is 0. The van der Waals surface area contributed by atoms with Crippen LogP contribution in [0.15, 0.2) is 46.7 Å².